The summed E-state index contributed by atoms with van der Waals surface area (Å²) in [5.41, 5.74) is 1.39. The summed E-state index contributed by atoms with van der Waals surface area (Å²) in [6.07, 6.45) is 5.85. The molecule has 0 atom stereocenters. The van der Waals surface area contributed by atoms with Gasteiger partial charge in [-0.15, -0.1) is 5.10 Å². The SMILES string of the molecule is O=C(c1ccsc1)N1CCC(n2cc(-c3nc(C4CC4)no3)nn2)CC1. The van der Waals surface area contributed by atoms with E-state index in [-0.39, 0.29) is 11.9 Å². The van der Waals surface area contributed by atoms with Gasteiger partial charge in [0.2, 0.25) is 0 Å². The Hall–Kier alpha value is -2.55. The van der Waals surface area contributed by atoms with Gasteiger partial charge in [0.05, 0.1) is 17.8 Å². The fraction of sp³-hybridized carbons (Fsp3) is 0.471. The second-order valence-electron chi connectivity index (χ2n) is 6.85. The average molecular weight is 370 g/mol. The number of carbonyl (C=O) groups is 1. The van der Waals surface area contributed by atoms with Crippen LogP contribution >= 0.6 is 11.3 Å². The lowest BCUT2D eigenvalue weighted by Gasteiger charge is -2.31. The highest BCUT2D eigenvalue weighted by molar-refractivity contribution is 7.08. The van der Waals surface area contributed by atoms with Crippen LogP contribution in [-0.4, -0.2) is 49.0 Å². The molecule has 2 fully saturated rings. The van der Waals surface area contributed by atoms with E-state index in [1.165, 1.54) is 0 Å². The van der Waals surface area contributed by atoms with E-state index in [1.807, 2.05) is 32.6 Å². The van der Waals surface area contributed by atoms with Crippen molar-refractivity contribution < 1.29 is 9.32 Å². The molecule has 1 saturated heterocycles. The molecule has 0 spiro atoms. The zero-order valence-electron chi connectivity index (χ0n) is 14.1. The number of hydrogen-bond donors (Lipinski definition) is 0. The summed E-state index contributed by atoms with van der Waals surface area (Å²) in [4.78, 5) is 18.8. The monoisotopic (exact) mass is 370 g/mol. The van der Waals surface area contributed by atoms with Gasteiger partial charge in [0, 0.05) is 24.4 Å². The van der Waals surface area contributed by atoms with E-state index in [0.717, 1.165) is 50.2 Å². The second kappa shape index (κ2) is 6.31. The van der Waals surface area contributed by atoms with E-state index in [4.69, 9.17) is 4.52 Å². The van der Waals surface area contributed by atoms with E-state index in [0.29, 0.717) is 17.5 Å². The number of hydrogen-bond acceptors (Lipinski definition) is 7. The Morgan fingerprint density at radius 1 is 1.23 bits per heavy atom. The minimum absolute atomic E-state index is 0.113. The van der Waals surface area contributed by atoms with Crippen LogP contribution in [0.1, 0.15) is 53.8 Å². The third-order valence-electron chi connectivity index (χ3n) is 5.01. The average Bonchev–Trinajstić information content (AvgIpc) is 3.14. The quantitative estimate of drug-likeness (QED) is 0.701. The van der Waals surface area contributed by atoms with Gasteiger partial charge in [0.25, 0.3) is 11.8 Å². The van der Waals surface area contributed by atoms with Crippen LogP contribution in [0.3, 0.4) is 0 Å². The molecule has 0 aromatic carbocycles. The number of carbonyl (C=O) groups excluding carboxylic acids is 1. The first-order valence-electron chi connectivity index (χ1n) is 8.85. The molecule has 1 aliphatic heterocycles. The number of piperidine rings is 1. The predicted molar refractivity (Wildman–Crippen MR) is 93.8 cm³/mol. The Bertz CT molecular complexity index is 905. The third kappa shape index (κ3) is 2.92. The van der Waals surface area contributed by atoms with Crippen molar-refractivity contribution in [3.63, 3.8) is 0 Å². The van der Waals surface area contributed by atoms with Crippen LogP contribution in [0.5, 0.6) is 0 Å². The zero-order chi connectivity index (χ0) is 17.5. The summed E-state index contributed by atoms with van der Waals surface area (Å²) in [6, 6.07) is 2.11. The topological polar surface area (TPSA) is 89.9 Å². The number of rotatable bonds is 4. The van der Waals surface area contributed by atoms with Crippen LogP contribution in [0.25, 0.3) is 11.6 Å². The molecule has 1 amide bonds. The van der Waals surface area contributed by atoms with Crippen LogP contribution in [0, 0.1) is 0 Å². The van der Waals surface area contributed by atoms with Crippen molar-refractivity contribution in [2.75, 3.05) is 13.1 Å². The van der Waals surface area contributed by atoms with Crippen LogP contribution < -0.4 is 0 Å². The highest BCUT2D eigenvalue weighted by atomic mass is 32.1. The number of nitrogens with zero attached hydrogens (tertiary/aromatic N) is 6. The van der Waals surface area contributed by atoms with Gasteiger partial charge in [-0.25, -0.2) is 4.68 Å². The lowest BCUT2D eigenvalue weighted by atomic mass is 10.0. The van der Waals surface area contributed by atoms with Crippen molar-refractivity contribution in [3.05, 3.63) is 34.4 Å². The highest BCUT2D eigenvalue weighted by Gasteiger charge is 2.30. The second-order valence-corrected chi connectivity index (χ2v) is 7.63. The van der Waals surface area contributed by atoms with Crippen LogP contribution in [0.15, 0.2) is 27.5 Å². The molecule has 0 N–H and O–H groups in total. The van der Waals surface area contributed by atoms with Crippen molar-refractivity contribution >= 4 is 17.2 Å². The number of thiophene rings is 1. The van der Waals surface area contributed by atoms with E-state index in [9.17, 15) is 4.79 Å². The van der Waals surface area contributed by atoms with E-state index in [1.54, 1.807) is 11.3 Å². The molecular weight excluding hydrogens is 352 g/mol. The Morgan fingerprint density at radius 3 is 2.81 bits per heavy atom. The molecule has 134 valence electrons. The molecule has 2 aliphatic rings. The fourth-order valence-corrected chi connectivity index (χ4v) is 3.93. The lowest BCUT2D eigenvalue weighted by Crippen LogP contribution is -2.39. The van der Waals surface area contributed by atoms with E-state index >= 15 is 0 Å². The largest absolute Gasteiger partial charge is 0.338 e. The van der Waals surface area contributed by atoms with Gasteiger partial charge in [-0.3, -0.25) is 4.79 Å². The highest BCUT2D eigenvalue weighted by Crippen LogP contribution is 2.38. The van der Waals surface area contributed by atoms with Crippen LogP contribution in [0.4, 0.5) is 0 Å². The molecule has 4 heterocycles. The molecule has 0 bridgehead atoms. The number of likely N-dealkylation sites (tertiary alicyclic amines) is 1. The Kier molecular flexibility index (Phi) is 3.81. The molecule has 3 aromatic rings. The van der Waals surface area contributed by atoms with Gasteiger partial charge >= 0.3 is 0 Å². The van der Waals surface area contributed by atoms with Gasteiger partial charge in [-0.05, 0) is 37.1 Å². The first kappa shape index (κ1) is 15.7. The Morgan fingerprint density at radius 2 is 2.08 bits per heavy atom. The van der Waals surface area contributed by atoms with Crippen molar-refractivity contribution in [1.82, 2.24) is 30.0 Å². The van der Waals surface area contributed by atoms with E-state index < -0.39 is 0 Å². The van der Waals surface area contributed by atoms with Gasteiger partial charge in [-0.2, -0.15) is 16.3 Å². The molecule has 5 rings (SSSR count). The molecule has 8 nitrogen and oxygen atoms in total. The maximum atomic E-state index is 12.4. The summed E-state index contributed by atoms with van der Waals surface area (Å²) in [5, 5.41) is 16.3. The first-order valence-corrected chi connectivity index (χ1v) is 9.79. The smallest absolute Gasteiger partial charge is 0.280 e. The van der Waals surface area contributed by atoms with Crippen LogP contribution in [-0.2, 0) is 0 Å². The molecule has 3 aromatic heterocycles. The lowest BCUT2D eigenvalue weighted by molar-refractivity contribution is 0.0690. The summed E-state index contributed by atoms with van der Waals surface area (Å²) >= 11 is 1.55. The number of aromatic nitrogens is 5. The molecule has 26 heavy (non-hydrogen) atoms. The van der Waals surface area contributed by atoms with Crippen molar-refractivity contribution in [1.29, 1.82) is 0 Å². The molecule has 9 heteroatoms. The molecule has 0 unspecified atom stereocenters. The van der Waals surface area contributed by atoms with Gasteiger partial charge in [-0.1, -0.05) is 10.4 Å². The van der Waals surface area contributed by atoms with Crippen molar-refractivity contribution in [2.45, 2.75) is 37.6 Å². The first-order chi connectivity index (χ1) is 12.8. The molecule has 0 radical (unpaired) electrons. The Labute approximate surface area is 153 Å². The van der Waals surface area contributed by atoms with Crippen LogP contribution in [0.2, 0.25) is 0 Å². The maximum absolute atomic E-state index is 12.4. The summed E-state index contributed by atoms with van der Waals surface area (Å²) in [5.74, 6) is 1.77. The minimum atomic E-state index is 0.113. The standard InChI is InChI=1S/C17H18N6O2S/c24-17(12-5-8-26-10-12)22-6-3-13(4-7-22)23-9-14(19-21-23)16-18-15(20-25-16)11-1-2-11/h5,8-11,13H,1-4,6-7H2. The fourth-order valence-electron chi connectivity index (χ4n) is 3.30. The molecule has 1 saturated carbocycles. The molecular formula is C17H18N6O2S. The van der Waals surface area contributed by atoms with Crippen molar-refractivity contribution in [3.8, 4) is 11.6 Å². The predicted octanol–water partition coefficient (Wildman–Crippen LogP) is 2.74. The van der Waals surface area contributed by atoms with Gasteiger partial charge < -0.3 is 9.42 Å². The minimum Gasteiger partial charge on any atom is -0.338 e. The van der Waals surface area contributed by atoms with Gasteiger partial charge in [0.15, 0.2) is 11.5 Å². The van der Waals surface area contributed by atoms with Crippen molar-refractivity contribution in [2.24, 2.45) is 0 Å². The summed E-state index contributed by atoms with van der Waals surface area (Å²) in [7, 11) is 0. The van der Waals surface area contributed by atoms with Gasteiger partial charge in [0.1, 0.15) is 0 Å². The summed E-state index contributed by atoms with van der Waals surface area (Å²) < 4.78 is 7.18. The molecule has 1 aliphatic carbocycles. The summed E-state index contributed by atoms with van der Waals surface area (Å²) in [6.45, 7) is 1.45. The maximum Gasteiger partial charge on any atom is 0.280 e. The normalized spacial score (nSPS) is 18.4. The Balaban J connectivity index is 1.24. The van der Waals surface area contributed by atoms with E-state index in [2.05, 4.69) is 20.5 Å². The third-order valence-corrected chi connectivity index (χ3v) is 5.69. The number of amides is 1. The zero-order valence-corrected chi connectivity index (χ0v) is 14.9.